The zero-order valence-corrected chi connectivity index (χ0v) is 17.5. The molecule has 156 valence electrons. The largest absolute Gasteiger partial charge is 0.343 e. The highest BCUT2D eigenvalue weighted by atomic mass is 19.1. The number of aromatic nitrogens is 2. The Labute approximate surface area is 172 Å². The number of nitrogens with zero attached hydrogens (tertiary/aromatic N) is 4. The number of fused-ring (bicyclic) bond motifs is 1. The van der Waals surface area contributed by atoms with Crippen LogP contribution in [0, 0.1) is 5.82 Å². The number of likely N-dealkylation sites (tertiary alicyclic amines) is 1. The van der Waals surface area contributed by atoms with E-state index in [9.17, 15) is 9.18 Å². The van der Waals surface area contributed by atoms with Gasteiger partial charge in [0.15, 0.2) is 0 Å². The Hall–Kier alpha value is -2.21. The van der Waals surface area contributed by atoms with Crippen LogP contribution >= 0.6 is 0 Å². The zero-order chi connectivity index (χ0) is 20.4. The molecule has 1 aromatic heterocycles. The third-order valence-electron chi connectivity index (χ3n) is 6.64. The minimum absolute atomic E-state index is 0.101. The van der Waals surface area contributed by atoms with E-state index in [1.165, 1.54) is 12.1 Å². The molecule has 4 rings (SSSR count). The molecule has 0 radical (unpaired) electrons. The first-order valence-electron chi connectivity index (χ1n) is 10.8. The second kappa shape index (κ2) is 8.66. The van der Waals surface area contributed by atoms with E-state index in [1.54, 1.807) is 0 Å². The average Bonchev–Trinajstić information content (AvgIpc) is 3.16. The number of carbonyl (C=O) groups is 1. The van der Waals surface area contributed by atoms with Crippen LogP contribution in [0.3, 0.4) is 0 Å². The summed E-state index contributed by atoms with van der Waals surface area (Å²) in [5.41, 5.74) is 2.06. The van der Waals surface area contributed by atoms with Crippen LogP contribution in [-0.4, -0.2) is 58.5 Å². The number of piperidine rings is 1. The lowest BCUT2D eigenvalue weighted by molar-refractivity contribution is -0.133. The van der Waals surface area contributed by atoms with E-state index >= 15 is 0 Å². The maximum Gasteiger partial charge on any atom is 0.223 e. The summed E-state index contributed by atoms with van der Waals surface area (Å²) in [6.45, 7) is 3.00. The zero-order valence-electron chi connectivity index (χ0n) is 17.5. The first-order valence-corrected chi connectivity index (χ1v) is 10.8. The number of amides is 1. The van der Waals surface area contributed by atoms with Gasteiger partial charge in [0.1, 0.15) is 11.6 Å². The molecule has 0 aliphatic carbocycles. The number of halogens is 1. The minimum atomic E-state index is -0.252. The Morgan fingerprint density at radius 2 is 1.93 bits per heavy atom. The van der Waals surface area contributed by atoms with Gasteiger partial charge in [0, 0.05) is 50.3 Å². The highest BCUT2D eigenvalue weighted by Gasteiger charge is 2.29. The topological polar surface area (TPSA) is 41.4 Å². The Morgan fingerprint density at radius 3 is 2.66 bits per heavy atom. The van der Waals surface area contributed by atoms with Crippen LogP contribution < -0.4 is 0 Å². The molecule has 3 heterocycles. The van der Waals surface area contributed by atoms with E-state index in [-0.39, 0.29) is 17.6 Å². The molecule has 0 spiro atoms. The molecular formula is C23H31FN4O. The van der Waals surface area contributed by atoms with Gasteiger partial charge in [-0.1, -0.05) is 12.1 Å². The van der Waals surface area contributed by atoms with Crippen molar-refractivity contribution >= 4 is 5.91 Å². The fourth-order valence-corrected chi connectivity index (χ4v) is 4.71. The molecule has 1 fully saturated rings. The molecule has 5 nitrogen and oxygen atoms in total. The molecule has 2 aliphatic heterocycles. The summed E-state index contributed by atoms with van der Waals surface area (Å²) < 4.78 is 15.8. The second-order valence-electron chi connectivity index (χ2n) is 8.56. The summed E-state index contributed by atoms with van der Waals surface area (Å²) in [5, 5.41) is 0. The van der Waals surface area contributed by atoms with Crippen molar-refractivity contribution in [2.45, 2.75) is 57.0 Å². The molecule has 1 atom stereocenters. The monoisotopic (exact) mass is 398 g/mol. The Bertz CT molecular complexity index is 839. The van der Waals surface area contributed by atoms with Crippen molar-refractivity contribution < 1.29 is 9.18 Å². The van der Waals surface area contributed by atoms with E-state index in [4.69, 9.17) is 0 Å². The molecule has 1 amide bonds. The third-order valence-corrected chi connectivity index (χ3v) is 6.64. The number of carbonyl (C=O) groups excluding carboxylic acids is 1. The van der Waals surface area contributed by atoms with Crippen LogP contribution in [0.15, 0.2) is 30.5 Å². The number of aryl methyl sites for hydroxylation is 1. The molecule has 2 aromatic rings. The normalized spacial score (nSPS) is 19.0. The third kappa shape index (κ3) is 4.37. The van der Waals surface area contributed by atoms with Gasteiger partial charge in [-0.2, -0.15) is 0 Å². The summed E-state index contributed by atoms with van der Waals surface area (Å²) in [6.07, 6.45) is 7.63. The van der Waals surface area contributed by atoms with Crippen molar-refractivity contribution in [3.63, 3.8) is 0 Å². The van der Waals surface area contributed by atoms with Gasteiger partial charge in [0.2, 0.25) is 5.91 Å². The quantitative estimate of drug-likeness (QED) is 0.775. The van der Waals surface area contributed by atoms with Gasteiger partial charge in [0.05, 0.1) is 0 Å². The van der Waals surface area contributed by atoms with Crippen molar-refractivity contribution in [3.8, 4) is 0 Å². The highest BCUT2D eigenvalue weighted by molar-refractivity contribution is 5.77. The molecular weight excluding hydrogens is 367 g/mol. The molecule has 1 aromatic carbocycles. The number of imidazole rings is 1. The van der Waals surface area contributed by atoms with Gasteiger partial charge >= 0.3 is 0 Å². The second-order valence-corrected chi connectivity index (χ2v) is 8.56. The lowest BCUT2D eigenvalue weighted by Gasteiger charge is -2.36. The van der Waals surface area contributed by atoms with Gasteiger partial charge < -0.3 is 14.4 Å². The Morgan fingerprint density at radius 1 is 1.21 bits per heavy atom. The summed E-state index contributed by atoms with van der Waals surface area (Å²) in [4.78, 5) is 22.1. The molecule has 29 heavy (non-hydrogen) atoms. The molecule has 0 saturated carbocycles. The number of rotatable bonds is 5. The molecule has 0 bridgehead atoms. The van der Waals surface area contributed by atoms with Crippen molar-refractivity contribution in [1.29, 1.82) is 0 Å². The maximum absolute atomic E-state index is 13.5. The van der Waals surface area contributed by atoms with Gasteiger partial charge in [-0.05, 0) is 63.5 Å². The molecule has 1 saturated heterocycles. The highest BCUT2D eigenvalue weighted by Crippen LogP contribution is 2.32. The number of hydrogen-bond donors (Lipinski definition) is 0. The van der Waals surface area contributed by atoms with Gasteiger partial charge in [-0.3, -0.25) is 4.79 Å². The van der Waals surface area contributed by atoms with Crippen LogP contribution in [0.1, 0.15) is 55.1 Å². The molecule has 1 unspecified atom stereocenters. The summed E-state index contributed by atoms with van der Waals surface area (Å²) >= 11 is 0. The fourth-order valence-electron chi connectivity index (χ4n) is 4.71. The van der Waals surface area contributed by atoms with Crippen LogP contribution in [0.2, 0.25) is 0 Å². The van der Waals surface area contributed by atoms with Crippen molar-refractivity contribution in [3.05, 3.63) is 53.4 Å². The minimum Gasteiger partial charge on any atom is -0.343 e. The number of benzene rings is 1. The van der Waals surface area contributed by atoms with E-state index in [1.807, 2.05) is 30.3 Å². The van der Waals surface area contributed by atoms with Crippen LogP contribution in [-0.2, 0) is 17.8 Å². The van der Waals surface area contributed by atoms with Crippen molar-refractivity contribution in [2.75, 3.05) is 27.2 Å². The molecule has 2 aliphatic rings. The van der Waals surface area contributed by atoms with Crippen molar-refractivity contribution in [2.24, 2.45) is 0 Å². The van der Waals surface area contributed by atoms with Crippen molar-refractivity contribution in [1.82, 2.24) is 19.4 Å². The van der Waals surface area contributed by atoms with E-state index < -0.39 is 0 Å². The Balaban J connectivity index is 1.58. The van der Waals surface area contributed by atoms with Crippen LogP contribution in [0.25, 0.3) is 0 Å². The van der Waals surface area contributed by atoms with Gasteiger partial charge in [-0.25, -0.2) is 9.37 Å². The first-order chi connectivity index (χ1) is 14.0. The lowest BCUT2D eigenvalue weighted by Crippen LogP contribution is -2.44. The number of hydrogen-bond acceptors (Lipinski definition) is 3. The summed E-state index contributed by atoms with van der Waals surface area (Å²) in [6, 6.07) is 6.89. The van der Waals surface area contributed by atoms with E-state index in [0.717, 1.165) is 68.8 Å². The van der Waals surface area contributed by atoms with Crippen LogP contribution in [0.4, 0.5) is 4.39 Å². The van der Waals surface area contributed by atoms with Gasteiger partial charge in [-0.15, -0.1) is 0 Å². The van der Waals surface area contributed by atoms with Gasteiger partial charge in [0.25, 0.3) is 0 Å². The fraction of sp³-hybridized carbons (Fsp3) is 0.565. The van der Waals surface area contributed by atoms with E-state index in [0.29, 0.717) is 12.5 Å². The van der Waals surface area contributed by atoms with Crippen LogP contribution in [0.5, 0.6) is 0 Å². The SMILES string of the molecule is CN1CCC(N(C)C(=O)CC(c2ccc(F)cc2)c2cnc3n2CCCC3)CC1. The van der Waals surface area contributed by atoms with E-state index in [2.05, 4.69) is 21.5 Å². The summed E-state index contributed by atoms with van der Waals surface area (Å²) in [7, 11) is 4.07. The predicted octanol–water partition coefficient (Wildman–Crippen LogP) is 3.43. The first kappa shape index (κ1) is 20.1. The predicted molar refractivity (Wildman–Crippen MR) is 111 cm³/mol. The Kier molecular flexibility index (Phi) is 5.99. The average molecular weight is 399 g/mol. The molecule has 0 N–H and O–H groups in total. The molecule has 6 heteroatoms. The smallest absolute Gasteiger partial charge is 0.223 e. The summed E-state index contributed by atoms with van der Waals surface area (Å²) in [5.74, 6) is 0.906. The maximum atomic E-state index is 13.5. The lowest BCUT2D eigenvalue weighted by atomic mass is 9.91. The standard InChI is InChI=1S/C23H31FN4O/c1-26-13-10-19(11-14-26)27(2)23(29)15-20(17-6-8-18(24)9-7-17)21-16-25-22-5-3-4-12-28(21)22/h6-9,16,19-20H,3-5,10-15H2,1-2H3.